The lowest BCUT2D eigenvalue weighted by Gasteiger charge is -2.38. The van der Waals surface area contributed by atoms with Crippen LogP contribution >= 0.6 is 11.5 Å². The lowest BCUT2D eigenvalue weighted by Crippen LogP contribution is -2.42. The first-order valence-electron chi connectivity index (χ1n) is 10.3. The molecule has 0 saturated heterocycles. The highest BCUT2D eigenvalue weighted by Gasteiger charge is 2.58. The second kappa shape index (κ2) is 8.13. The van der Waals surface area contributed by atoms with Gasteiger partial charge >= 0.3 is 5.97 Å². The van der Waals surface area contributed by atoms with Gasteiger partial charge in [-0.25, -0.2) is 4.99 Å². The highest BCUT2D eigenvalue weighted by molar-refractivity contribution is 7.04. The van der Waals surface area contributed by atoms with Gasteiger partial charge in [-0.1, -0.05) is 34.1 Å². The van der Waals surface area contributed by atoms with Gasteiger partial charge < -0.3 is 4.74 Å². The summed E-state index contributed by atoms with van der Waals surface area (Å²) in [5.41, 5.74) is -0.0833. The number of aromatic nitrogens is 1. The highest BCUT2D eigenvalue weighted by Crippen LogP contribution is 2.56. The fourth-order valence-electron chi connectivity index (χ4n) is 3.99. The first kappa shape index (κ1) is 22.9. The van der Waals surface area contributed by atoms with Crippen molar-refractivity contribution in [3.8, 4) is 0 Å². The van der Waals surface area contributed by atoms with Crippen molar-refractivity contribution in [3.05, 3.63) is 16.4 Å². The molecule has 6 heteroatoms. The summed E-state index contributed by atoms with van der Waals surface area (Å²) >= 11 is 1.55. The van der Waals surface area contributed by atoms with E-state index in [1.54, 1.807) is 11.5 Å². The number of nitrogens with zero attached hydrogens (tertiary/aromatic N) is 2. The zero-order valence-electron chi connectivity index (χ0n) is 18.7. The van der Waals surface area contributed by atoms with Crippen LogP contribution in [0, 0.1) is 16.7 Å². The van der Waals surface area contributed by atoms with Gasteiger partial charge in [0.1, 0.15) is 4.67 Å². The van der Waals surface area contributed by atoms with Crippen molar-refractivity contribution in [1.29, 1.82) is 0 Å². The summed E-state index contributed by atoms with van der Waals surface area (Å²) in [6.07, 6.45) is 6.55. The average Bonchev–Trinajstić information content (AvgIpc) is 3.12. The van der Waals surface area contributed by atoms with Gasteiger partial charge in [0.05, 0.1) is 18.4 Å². The number of hydrogen-bond acceptors (Lipinski definition) is 4. The molecular formula is C22H36N2O3S. The minimum Gasteiger partial charge on any atom is -0.469 e. The molecule has 2 rings (SSSR count). The number of hydrogen-bond donors (Lipinski definition) is 0. The molecular weight excluding hydrogens is 372 g/mol. The molecule has 1 aliphatic rings. The van der Waals surface area contributed by atoms with Crippen LogP contribution in [-0.2, 0) is 26.3 Å². The summed E-state index contributed by atoms with van der Waals surface area (Å²) in [7, 11) is 1.41. The number of carbonyl (C=O) groups is 2. The number of carbonyl (C=O) groups excluding carboxylic acids is 2. The van der Waals surface area contributed by atoms with Gasteiger partial charge in [-0.3, -0.25) is 13.5 Å². The van der Waals surface area contributed by atoms with Crippen LogP contribution in [0.25, 0.3) is 0 Å². The van der Waals surface area contributed by atoms with Gasteiger partial charge in [-0.05, 0) is 63.4 Å². The Kier molecular flexibility index (Phi) is 6.64. The number of unbranched alkanes of at least 4 members (excludes halogenated alkanes) is 1. The summed E-state index contributed by atoms with van der Waals surface area (Å²) in [6, 6.07) is 0. The average molecular weight is 409 g/mol. The van der Waals surface area contributed by atoms with E-state index < -0.39 is 10.8 Å². The summed E-state index contributed by atoms with van der Waals surface area (Å²) in [5.74, 6) is -0.625. The van der Waals surface area contributed by atoms with Gasteiger partial charge in [-0.15, -0.1) is 0 Å². The quantitative estimate of drug-likeness (QED) is 0.664. The van der Waals surface area contributed by atoms with Crippen LogP contribution in [0.4, 0.5) is 0 Å². The molecule has 0 aliphatic heterocycles. The molecule has 1 aliphatic carbocycles. The second-order valence-electron chi connectivity index (χ2n) is 9.74. The molecule has 1 fully saturated rings. The van der Waals surface area contributed by atoms with Crippen LogP contribution in [0.5, 0.6) is 0 Å². The molecule has 0 N–H and O–H groups in total. The first-order valence-corrected chi connectivity index (χ1v) is 11.0. The van der Waals surface area contributed by atoms with Crippen LogP contribution in [0.15, 0.2) is 11.2 Å². The molecule has 1 amide bonds. The topological polar surface area (TPSA) is 60.7 Å². The van der Waals surface area contributed by atoms with Crippen LogP contribution in [0.2, 0.25) is 0 Å². The van der Waals surface area contributed by atoms with Crippen molar-refractivity contribution in [1.82, 2.24) is 3.96 Å². The van der Waals surface area contributed by atoms with Gasteiger partial charge in [0.25, 0.3) is 5.91 Å². The predicted octanol–water partition coefficient (Wildman–Crippen LogP) is 4.69. The molecule has 0 aromatic carbocycles. The van der Waals surface area contributed by atoms with E-state index in [1.165, 1.54) is 7.11 Å². The normalized spacial score (nSPS) is 25.1. The molecule has 2 atom stereocenters. The summed E-state index contributed by atoms with van der Waals surface area (Å²) in [6.45, 7) is 14.6. The van der Waals surface area contributed by atoms with E-state index in [0.717, 1.165) is 29.5 Å². The van der Waals surface area contributed by atoms with E-state index in [1.807, 2.05) is 20.8 Å². The molecule has 0 spiro atoms. The number of ether oxygens (including phenoxy) is 1. The van der Waals surface area contributed by atoms with E-state index in [4.69, 9.17) is 4.74 Å². The number of rotatable bonds is 5. The molecule has 1 heterocycles. The summed E-state index contributed by atoms with van der Waals surface area (Å²) < 4.78 is 7.98. The fraction of sp³-hybridized carbons (Fsp3) is 0.773. The first-order chi connectivity index (χ1) is 12.9. The number of esters is 1. The van der Waals surface area contributed by atoms with Crippen molar-refractivity contribution in [2.75, 3.05) is 7.11 Å². The Bertz CT molecular complexity index is 797. The fourth-order valence-corrected chi connectivity index (χ4v) is 5.03. The van der Waals surface area contributed by atoms with Gasteiger partial charge in [0.15, 0.2) is 0 Å². The molecule has 5 nitrogen and oxygen atoms in total. The van der Waals surface area contributed by atoms with Gasteiger partial charge in [0, 0.05) is 17.3 Å². The molecule has 28 heavy (non-hydrogen) atoms. The maximum absolute atomic E-state index is 13.4. The summed E-state index contributed by atoms with van der Waals surface area (Å²) in [5, 5.41) is 0. The van der Waals surface area contributed by atoms with Crippen molar-refractivity contribution < 1.29 is 14.3 Å². The van der Waals surface area contributed by atoms with Gasteiger partial charge in [-0.2, -0.15) is 0 Å². The minimum absolute atomic E-state index is 0.0467. The Morgan fingerprint density at radius 2 is 1.96 bits per heavy atom. The van der Waals surface area contributed by atoms with Crippen LogP contribution in [0.3, 0.4) is 0 Å². The zero-order chi connectivity index (χ0) is 21.3. The third-order valence-corrected chi connectivity index (χ3v) is 7.96. The Morgan fingerprint density at radius 3 is 2.50 bits per heavy atom. The molecule has 0 bridgehead atoms. The zero-order valence-corrected chi connectivity index (χ0v) is 19.5. The molecule has 1 aromatic heterocycles. The third kappa shape index (κ3) is 4.12. The Hall–Kier alpha value is -1.43. The Morgan fingerprint density at radius 1 is 1.32 bits per heavy atom. The number of aryl methyl sites for hydroxylation is 1. The SMILES string of the molecule is CCCCc1cn(C(C)(C)C)s/c1=N\C(=O)C1(C)CCC(C(=O)OC)C1(C)C. The Labute approximate surface area is 173 Å². The van der Waals surface area contributed by atoms with E-state index in [0.29, 0.717) is 12.8 Å². The molecule has 1 saturated carbocycles. The maximum atomic E-state index is 13.4. The second-order valence-corrected chi connectivity index (χ2v) is 10.7. The maximum Gasteiger partial charge on any atom is 0.309 e. The molecule has 2 unspecified atom stereocenters. The van der Waals surface area contributed by atoms with Crippen molar-refractivity contribution in [2.24, 2.45) is 21.7 Å². The smallest absolute Gasteiger partial charge is 0.309 e. The van der Waals surface area contributed by atoms with Crippen LogP contribution in [0.1, 0.15) is 79.7 Å². The lowest BCUT2D eigenvalue weighted by atomic mass is 9.65. The van der Waals surface area contributed by atoms with E-state index in [-0.39, 0.29) is 23.3 Å². The van der Waals surface area contributed by atoms with Crippen molar-refractivity contribution >= 4 is 23.4 Å². The monoisotopic (exact) mass is 408 g/mol. The highest BCUT2D eigenvalue weighted by atomic mass is 32.1. The molecule has 0 radical (unpaired) electrons. The van der Waals surface area contributed by atoms with Crippen LogP contribution in [-0.4, -0.2) is 22.9 Å². The third-order valence-electron chi connectivity index (χ3n) is 6.58. The van der Waals surface area contributed by atoms with Crippen molar-refractivity contribution in [3.63, 3.8) is 0 Å². The Balaban J connectivity index is 2.45. The van der Waals surface area contributed by atoms with E-state index in [9.17, 15) is 9.59 Å². The van der Waals surface area contributed by atoms with Crippen molar-refractivity contribution in [2.45, 2.75) is 86.1 Å². The number of amides is 1. The van der Waals surface area contributed by atoms with Crippen LogP contribution < -0.4 is 4.67 Å². The standard InChI is InChI=1S/C22H36N2O3S/c1-9-10-11-15-14-24(20(2,3)4)28-17(15)23-19(26)22(7)13-12-16(18(25)27-8)21(22,5)6/h14,16H,9-13H2,1-8H3/b23-17-. The largest absolute Gasteiger partial charge is 0.469 e. The molecule has 1 aromatic rings. The lowest BCUT2D eigenvalue weighted by molar-refractivity contribution is -0.151. The summed E-state index contributed by atoms with van der Waals surface area (Å²) in [4.78, 5) is 30.2. The van der Waals surface area contributed by atoms with Gasteiger partial charge in [0.2, 0.25) is 0 Å². The van der Waals surface area contributed by atoms with E-state index in [2.05, 4.69) is 42.8 Å². The minimum atomic E-state index is -0.676. The van der Waals surface area contributed by atoms with E-state index >= 15 is 0 Å². The molecule has 158 valence electrons. The number of methoxy groups -OCH3 is 1. The predicted molar refractivity (Wildman–Crippen MR) is 113 cm³/mol.